The van der Waals surface area contributed by atoms with Gasteiger partial charge in [-0.25, -0.2) is 8.42 Å². The Hall–Kier alpha value is -0.910. The molecule has 1 aromatic carbocycles. The van der Waals surface area contributed by atoms with Crippen molar-refractivity contribution in [2.24, 2.45) is 0 Å². The van der Waals surface area contributed by atoms with Crippen molar-refractivity contribution >= 4 is 9.84 Å². The van der Waals surface area contributed by atoms with E-state index in [1.165, 1.54) is 0 Å². The maximum absolute atomic E-state index is 12.4. The lowest BCUT2D eigenvalue weighted by Gasteiger charge is -2.24. The Labute approximate surface area is 100 Å². The Bertz CT molecular complexity index is 509. The lowest BCUT2D eigenvalue weighted by Crippen LogP contribution is -2.42. The molecule has 0 aromatic heterocycles. The minimum Gasteiger partial charge on any atom is -0.392 e. The van der Waals surface area contributed by atoms with E-state index in [1.807, 2.05) is 0 Å². The van der Waals surface area contributed by atoms with Crippen LogP contribution in [0.2, 0.25) is 0 Å². The van der Waals surface area contributed by atoms with E-state index in [9.17, 15) is 13.5 Å². The van der Waals surface area contributed by atoms with Crippen LogP contribution < -0.4 is 0 Å². The number of fused-ring (bicyclic) bond motifs is 1. The summed E-state index contributed by atoms with van der Waals surface area (Å²) >= 11 is 0. The van der Waals surface area contributed by atoms with Crippen LogP contribution in [0.5, 0.6) is 0 Å². The lowest BCUT2D eigenvalue weighted by atomic mass is 9.97. The first-order valence-electron chi connectivity index (χ1n) is 5.73. The van der Waals surface area contributed by atoms with Gasteiger partial charge in [-0.05, 0) is 25.0 Å². The summed E-state index contributed by atoms with van der Waals surface area (Å²) in [5, 5.41) is 9.10. The quantitative estimate of drug-likeness (QED) is 0.791. The molecule has 2 aliphatic rings. The third kappa shape index (κ3) is 1.78. The van der Waals surface area contributed by atoms with Crippen molar-refractivity contribution in [3.63, 3.8) is 0 Å². The van der Waals surface area contributed by atoms with Gasteiger partial charge in [0.25, 0.3) is 0 Å². The van der Waals surface area contributed by atoms with Crippen LogP contribution in [0.15, 0.2) is 35.2 Å². The molecule has 4 atom stereocenters. The fourth-order valence-electron chi connectivity index (χ4n) is 2.55. The SMILES string of the molecule is O=S(=O)(c1ccccc1)[C@@H]1[C@H]2O[C@H]2CC[C@H]1O. The number of hydrogen-bond acceptors (Lipinski definition) is 4. The first-order chi connectivity index (χ1) is 8.10. The van der Waals surface area contributed by atoms with Gasteiger partial charge in [-0.15, -0.1) is 0 Å². The second-order valence-electron chi connectivity index (χ2n) is 4.61. The van der Waals surface area contributed by atoms with Gasteiger partial charge in [-0.3, -0.25) is 0 Å². The molecule has 1 saturated carbocycles. The van der Waals surface area contributed by atoms with Gasteiger partial charge in [0.1, 0.15) is 11.4 Å². The highest BCUT2D eigenvalue weighted by Gasteiger charge is 2.56. The number of rotatable bonds is 2. The summed E-state index contributed by atoms with van der Waals surface area (Å²) in [6.45, 7) is 0. The highest BCUT2D eigenvalue weighted by atomic mass is 32.2. The molecule has 0 spiro atoms. The lowest BCUT2D eigenvalue weighted by molar-refractivity contribution is 0.142. The van der Waals surface area contributed by atoms with E-state index < -0.39 is 21.2 Å². The van der Waals surface area contributed by atoms with Crippen molar-refractivity contribution in [2.45, 2.75) is 41.3 Å². The Balaban J connectivity index is 1.98. The van der Waals surface area contributed by atoms with Crippen LogP contribution in [0.4, 0.5) is 0 Å². The van der Waals surface area contributed by atoms with Crippen molar-refractivity contribution in [1.29, 1.82) is 0 Å². The molecule has 1 saturated heterocycles. The number of aliphatic hydroxyl groups excluding tert-OH is 1. The molecule has 92 valence electrons. The van der Waals surface area contributed by atoms with Crippen molar-refractivity contribution < 1.29 is 18.3 Å². The van der Waals surface area contributed by atoms with E-state index >= 15 is 0 Å². The number of aliphatic hydroxyl groups is 1. The molecule has 4 nitrogen and oxygen atoms in total. The summed E-state index contributed by atoms with van der Waals surface area (Å²) in [7, 11) is -3.49. The molecule has 1 aliphatic heterocycles. The summed E-state index contributed by atoms with van der Waals surface area (Å²) in [4.78, 5) is 0.264. The highest BCUT2D eigenvalue weighted by molar-refractivity contribution is 7.92. The Morgan fingerprint density at radius 3 is 2.59 bits per heavy atom. The zero-order valence-electron chi connectivity index (χ0n) is 9.19. The van der Waals surface area contributed by atoms with Crippen LogP contribution in [-0.2, 0) is 14.6 Å². The van der Waals surface area contributed by atoms with Gasteiger partial charge in [0.05, 0.1) is 17.1 Å². The summed E-state index contributed by atoms with van der Waals surface area (Å²) in [5.74, 6) is 0. The van der Waals surface area contributed by atoms with Gasteiger partial charge in [-0.1, -0.05) is 18.2 Å². The number of ether oxygens (including phenoxy) is 1. The Kier molecular flexibility index (Phi) is 2.50. The predicted molar refractivity (Wildman–Crippen MR) is 61.3 cm³/mol. The van der Waals surface area contributed by atoms with Crippen LogP contribution in [0.1, 0.15) is 12.8 Å². The van der Waals surface area contributed by atoms with E-state index in [-0.39, 0.29) is 17.1 Å². The van der Waals surface area contributed by atoms with Crippen LogP contribution in [0, 0.1) is 0 Å². The monoisotopic (exact) mass is 254 g/mol. The molecule has 0 radical (unpaired) electrons. The van der Waals surface area contributed by atoms with E-state index in [0.29, 0.717) is 6.42 Å². The first-order valence-corrected chi connectivity index (χ1v) is 7.28. The second-order valence-corrected chi connectivity index (χ2v) is 6.71. The topological polar surface area (TPSA) is 66.9 Å². The summed E-state index contributed by atoms with van der Waals surface area (Å²) in [5.41, 5.74) is 0. The maximum atomic E-state index is 12.4. The average Bonchev–Trinajstić information content (AvgIpc) is 3.08. The smallest absolute Gasteiger partial charge is 0.186 e. The molecule has 1 N–H and O–H groups in total. The van der Waals surface area contributed by atoms with Gasteiger partial charge in [0.15, 0.2) is 9.84 Å². The molecule has 5 heteroatoms. The molecule has 1 heterocycles. The van der Waals surface area contributed by atoms with E-state index in [0.717, 1.165) is 6.42 Å². The molecular weight excluding hydrogens is 240 g/mol. The molecule has 2 fully saturated rings. The molecule has 0 unspecified atom stereocenters. The van der Waals surface area contributed by atoms with E-state index in [2.05, 4.69) is 0 Å². The van der Waals surface area contributed by atoms with Crippen LogP contribution in [-0.4, -0.2) is 37.1 Å². The van der Waals surface area contributed by atoms with Gasteiger partial charge in [0.2, 0.25) is 0 Å². The van der Waals surface area contributed by atoms with Crippen molar-refractivity contribution in [2.75, 3.05) is 0 Å². The maximum Gasteiger partial charge on any atom is 0.186 e. The zero-order valence-corrected chi connectivity index (χ0v) is 10.0. The van der Waals surface area contributed by atoms with Crippen LogP contribution >= 0.6 is 0 Å². The molecular formula is C12H14O4S. The van der Waals surface area contributed by atoms with Gasteiger partial charge in [0, 0.05) is 0 Å². The minimum atomic E-state index is -3.49. The third-order valence-corrected chi connectivity index (χ3v) is 5.73. The molecule has 0 amide bonds. The minimum absolute atomic E-state index is 0.0295. The first kappa shape index (κ1) is 11.2. The third-order valence-electron chi connectivity index (χ3n) is 3.50. The van der Waals surface area contributed by atoms with Gasteiger partial charge < -0.3 is 9.84 Å². The predicted octanol–water partition coefficient (Wildman–Crippen LogP) is 0.751. The average molecular weight is 254 g/mol. The molecule has 1 aliphatic carbocycles. The van der Waals surface area contributed by atoms with Crippen molar-refractivity contribution in [1.82, 2.24) is 0 Å². The molecule has 3 rings (SSSR count). The fourth-order valence-corrected chi connectivity index (χ4v) is 4.54. The molecule has 17 heavy (non-hydrogen) atoms. The molecule has 0 bridgehead atoms. The van der Waals surface area contributed by atoms with E-state index in [1.54, 1.807) is 30.3 Å². The van der Waals surface area contributed by atoms with Crippen LogP contribution in [0.3, 0.4) is 0 Å². The largest absolute Gasteiger partial charge is 0.392 e. The summed E-state index contributed by atoms with van der Waals surface area (Å²) in [6, 6.07) is 8.27. The summed E-state index contributed by atoms with van der Waals surface area (Å²) in [6.07, 6.45) is 0.152. The number of hydrogen-bond donors (Lipinski definition) is 1. The van der Waals surface area contributed by atoms with Crippen molar-refractivity contribution in [3.05, 3.63) is 30.3 Å². The normalized spacial score (nSPS) is 36.3. The number of sulfone groups is 1. The second kappa shape index (κ2) is 3.80. The molecule has 1 aromatic rings. The Morgan fingerprint density at radius 2 is 1.88 bits per heavy atom. The van der Waals surface area contributed by atoms with Crippen LogP contribution in [0.25, 0.3) is 0 Å². The Morgan fingerprint density at radius 1 is 1.18 bits per heavy atom. The number of benzene rings is 1. The van der Waals surface area contributed by atoms with Gasteiger partial charge >= 0.3 is 0 Å². The summed E-state index contributed by atoms with van der Waals surface area (Å²) < 4.78 is 30.1. The zero-order chi connectivity index (χ0) is 12.0. The van der Waals surface area contributed by atoms with E-state index in [4.69, 9.17) is 4.74 Å². The van der Waals surface area contributed by atoms with Gasteiger partial charge in [-0.2, -0.15) is 0 Å². The highest BCUT2D eigenvalue weighted by Crippen LogP contribution is 2.41. The van der Waals surface area contributed by atoms with Crippen molar-refractivity contribution in [3.8, 4) is 0 Å². The standard InChI is InChI=1S/C12H14O4S/c13-9-6-7-10-11(16-10)12(9)17(14,15)8-4-2-1-3-5-8/h1-5,9-13H,6-7H2/t9-,10+,11+,12+/m1/s1. The fraction of sp³-hybridized carbons (Fsp3) is 0.500. The number of epoxide rings is 1.